The van der Waals surface area contributed by atoms with Crippen molar-refractivity contribution in [1.29, 1.82) is 0 Å². The molecular weight excluding hydrogens is 152 g/mol. The molecule has 0 aromatic rings. The smallest absolute Gasteiger partial charge is 0.330 e. The molecule has 0 saturated heterocycles. The maximum Gasteiger partial charge on any atom is 0.330 e. The lowest BCUT2D eigenvalue weighted by Gasteiger charge is -1.99. The second-order valence-electron chi connectivity index (χ2n) is 2.80. The monoisotopic (exact) mass is 166 g/mol. The number of carbonyl (C=O) groups is 1. The Morgan fingerprint density at radius 1 is 1.17 bits per heavy atom. The molecule has 0 spiro atoms. The molecule has 1 heterocycles. The number of hydrogen-bond donors (Lipinski definition) is 0. The molecule has 66 valence electrons. The van der Waals surface area contributed by atoms with Gasteiger partial charge in [0.05, 0.1) is 6.61 Å². The minimum absolute atomic E-state index is 0.235. The van der Waals surface area contributed by atoms with Crippen molar-refractivity contribution in [2.75, 3.05) is 6.61 Å². The van der Waals surface area contributed by atoms with Crippen molar-refractivity contribution < 1.29 is 9.53 Å². The third-order valence-electron chi connectivity index (χ3n) is 1.74. The van der Waals surface area contributed by atoms with E-state index < -0.39 is 0 Å². The lowest BCUT2D eigenvalue weighted by molar-refractivity contribution is -0.137. The summed E-state index contributed by atoms with van der Waals surface area (Å²) in [6, 6.07) is 0. The van der Waals surface area contributed by atoms with E-state index in [9.17, 15) is 4.79 Å². The van der Waals surface area contributed by atoms with E-state index in [-0.39, 0.29) is 5.97 Å². The molecule has 0 aliphatic carbocycles. The molecule has 0 bridgehead atoms. The summed E-state index contributed by atoms with van der Waals surface area (Å²) in [6.45, 7) is 0.559. The summed E-state index contributed by atoms with van der Waals surface area (Å²) in [5, 5.41) is 0. The van der Waals surface area contributed by atoms with Crippen molar-refractivity contribution >= 4 is 5.97 Å². The second-order valence-corrected chi connectivity index (χ2v) is 2.80. The summed E-state index contributed by atoms with van der Waals surface area (Å²) in [5.41, 5.74) is 0. The molecule has 0 aromatic carbocycles. The fourth-order valence-electron chi connectivity index (χ4n) is 1.07. The van der Waals surface area contributed by atoms with E-state index in [0.717, 1.165) is 19.3 Å². The van der Waals surface area contributed by atoms with Crippen molar-refractivity contribution in [3.05, 3.63) is 24.3 Å². The number of ether oxygens (including phenoxy) is 1. The molecule has 1 rings (SSSR count). The standard InChI is InChI=1S/C10H14O2/c11-10-8-6-4-2-1-3-5-7-9-12-10/h2,4,6,8H,1,3,5,7,9H2/b4-2-,8-6-. The van der Waals surface area contributed by atoms with Gasteiger partial charge < -0.3 is 4.74 Å². The molecule has 0 aromatic heterocycles. The fraction of sp³-hybridized carbons (Fsp3) is 0.500. The normalized spacial score (nSPS) is 25.2. The van der Waals surface area contributed by atoms with Crippen LogP contribution in [0.4, 0.5) is 0 Å². The van der Waals surface area contributed by atoms with Gasteiger partial charge in [-0.3, -0.25) is 0 Å². The van der Waals surface area contributed by atoms with Crippen LogP contribution in [0.5, 0.6) is 0 Å². The Morgan fingerprint density at radius 2 is 2.08 bits per heavy atom. The Hall–Kier alpha value is -1.05. The molecule has 1 aliphatic rings. The zero-order valence-corrected chi connectivity index (χ0v) is 7.16. The molecule has 1 aliphatic heterocycles. The van der Waals surface area contributed by atoms with Crippen LogP contribution in [0.25, 0.3) is 0 Å². The van der Waals surface area contributed by atoms with Gasteiger partial charge >= 0.3 is 5.97 Å². The molecule has 0 N–H and O–H groups in total. The van der Waals surface area contributed by atoms with Crippen LogP contribution in [0.15, 0.2) is 24.3 Å². The van der Waals surface area contributed by atoms with Crippen LogP contribution < -0.4 is 0 Å². The highest BCUT2D eigenvalue weighted by molar-refractivity contribution is 5.82. The molecular formula is C10H14O2. The lowest BCUT2D eigenvalue weighted by atomic mass is 10.2. The van der Waals surface area contributed by atoms with Crippen LogP contribution in [0.1, 0.15) is 25.7 Å². The first-order chi connectivity index (χ1) is 5.89. The van der Waals surface area contributed by atoms with Gasteiger partial charge in [0, 0.05) is 6.08 Å². The fourth-order valence-corrected chi connectivity index (χ4v) is 1.07. The van der Waals surface area contributed by atoms with E-state index in [1.54, 1.807) is 6.08 Å². The quantitative estimate of drug-likeness (QED) is 0.516. The number of carbonyl (C=O) groups excluding carboxylic acids is 1. The van der Waals surface area contributed by atoms with Crippen LogP contribution in [0.3, 0.4) is 0 Å². The van der Waals surface area contributed by atoms with Crippen molar-refractivity contribution in [1.82, 2.24) is 0 Å². The Bertz CT molecular complexity index is 192. The number of allylic oxidation sites excluding steroid dienone is 3. The van der Waals surface area contributed by atoms with Crippen LogP contribution >= 0.6 is 0 Å². The van der Waals surface area contributed by atoms with Gasteiger partial charge in [0.1, 0.15) is 0 Å². The van der Waals surface area contributed by atoms with Crippen LogP contribution in [0.2, 0.25) is 0 Å². The van der Waals surface area contributed by atoms with Gasteiger partial charge in [-0.1, -0.05) is 18.2 Å². The van der Waals surface area contributed by atoms with Crippen LogP contribution in [-0.4, -0.2) is 12.6 Å². The predicted molar refractivity (Wildman–Crippen MR) is 47.7 cm³/mol. The molecule has 0 amide bonds. The Labute approximate surface area is 72.9 Å². The summed E-state index contributed by atoms with van der Waals surface area (Å²) in [6.07, 6.45) is 11.6. The first-order valence-corrected chi connectivity index (χ1v) is 4.39. The summed E-state index contributed by atoms with van der Waals surface area (Å²) >= 11 is 0. The van der Waals surface area contributed by atoms with Gasteiger partial charge in [0.2, 0.25) is 0 Å². The zero-order valence-electron chi connectivity index (χ0n) is 7.16. The molecule has 0 saturated carbocycles. The zero-order chi connectivity index (χ0) is 8.65. The first-order valence-electron chi connectivity index (χ1n) is 4.39. The maximum atomic E-state index is 10.9. The SMILES string of the molecule is O=C1/C=C\C=C/CCCCCO1. The first kappa shape index (κ1) is 9.04. The van der Waals surface area contributed by atoms with E-state index in [1.165, 1.54) is 12.5 Å². The van der Waals surface area contributed by atoms with E-state index >= 15 is 0 Å². The highest BCUT2D eigenvalue weighted by Gasteiger charge is 1.96. The molecule has 0 fully saturated rings. The van der Waals surface area contributed by atoms with Crippen LogP contribution in [-0.2, 0) is 9.53 Å². The van der Waals surface area contributed by atoms with E-state index in [1.807, 2.05) is 6.08 Å². The molecule has 2 heteroatoms. The predicted octanol–water partition coefficient (Wildman–Crippen LogP) is 2.22. The lowest BCUT2D eigenvalue weighted by Crippen LogP contribution is -2.01. The van der Waals surface area contributed by atoms with Crippen molar-refractivity contribution in [2.45, 2.75) is 25.7 Å². The highest BCUT2D eigenvalue weighted by atomic mass is 16.5. The second kappa shape index (κ2) is 5.58. The van der Waals surface area contributed by atoms with Crippen molar-refractivity contribution in [2.24, 2.45) is 0 Å². The van der Waals surface area contributed by atoms with Gasteiger partial charge in [0.25, 0.3) is 0 Å². The van der Waals surface area contributed by atoms with Crippen molar-refractivity contribution in [3.8, 4) is 0 Å². The number of esters is 1. The summed E-state index contributed by atoms with van der Waals surface area (Å²) in [4.78, 5) is 10.9. The van der Waals surface area contributed by atoms with Gasteiger partial charge in [-0.25, -0.2) is 4.79 Å². The van der Waals surface area contributed by atoms with Gasteiger partial charge in [-0.2, -0.15) is 0 Å². The van der Waals surface area contributed by atoms with Gasteiger partial charge in [-0.15, -0.1) is 0 Å². The average Bonchev–Trinajstić information content (AvgIpc) is 2.11. The molecule has 12 heavy (non-hydrogen) atoms. The van der Waals surface area contributed by atoms with E-state index in [2.05, 4.69) is 6.08 Å². The topological polar surface area (TPSA) is 26.3 Å². The molecule has 0 atom stereocenters. The Kier molecular flexibility index (Phi) is 4.21. The highest BCUT2D eigenvalue weighted by Crippen LogP contribution is 2.02. The Morgan fingerprint density at radius 3 is 3.00 bits per heavy atom. The molecule has 0 unspecified atom stereocenters. The minimum Gasteiger partial charge on any atom is -0.463 e. The summed E-state index contributed by atoms with van der Waals surface area (Å²) in [5.74, 6) is -0.235. The van der Waals surface area contributed by atoms with E-state index in [0.29, 0.717) is 6.61 Å². The number of cyclic esters (lactones) is 1. The number of hydrogen-bond acceptors (Lipinski definition) is 2. The molecule has 0 radical (unpaired) electrons. The van der Waals surface area contributed by atoms with Gasteiger partial charge in [-0.05, 0) is 25.7 Å². The number of rotatable bonds is 0. The third kappa shape index (κ3) is 3.96. The average molecular weight is 166 g/mol. The largest absolute Gasteiger partial charge is 0.463 e. The van der Waals surface area contributed by atoms with E-state index in [4.69, 9.17) is 4.74 Å². The summed E-state index contributed by atoms with van der Waals surface area (Å²) < 4.78 is 4.91. The Balaban J connectivity index is 2.40. The van der Waals surface area contributed by atoms with Crippen LogP contribution in [0, 0.1) is 0 Å². The maximum absolute atomic E-state index is 10.9. The third-order valence-corrected chi connectivity index (χ3v) is 1.74. The minimum atomic E-state index is -0.235. The summed E-state index contributed by atoms with van der Waals surface area (Å²) in [7, 11) is 0. The van der Waals surface area contributed by atoms with Gasteiger partial charge in [0.15, 0.2) is 0 Å². The molecule has 2 nitrogen and oxygen atoms in total. The van der Waals surface area contributed by atoms with Crippen molar-refractivity contribution in [3.63, 3.8) is 0 Å².